The molecule has 0 aliphatic rings. The van der Waals surface area contributed by atoms with Crippen molar-refractivity contribution in [3.63, 3.8) is 0 Å². The Morgan fingerprint density at radius 3 is 2.50 bits per heavy atom. The van der Waals surface area contributed by atoms with Crippen LogP contribution in [0.5, 0.6) is 0 Å². The molecule has 1 rings (SSSR count). The van der Waals surface area contributed by atoms with E-state index in [1.165, 1.54) is 0 Å². The van der Waals surface area contributed by atoms with Gasteiger partial charge in [0.2, 0.25) is 0 Å². The Balaban J connectivity index is 3.17. The predicted molar refractivity (Wildman–Crippen MR) is 55.5 cm³/mol. The molecule has 0 aliphatic heterocycles. The molecule has 0 saturated carbocycles. The summed E-state index contributed by atoms with van der Waals surface area (Å²) >= 11 is 5.99. The summed E-state index contributed by atoms with van der Waals surface area (Å²) in [5, 5.41) is 0.896. The summed E-state index contributed by atoms with van der Waals surface area (Å²) in [7, 11) is 3.40. The van der Waals surface area contributed by atoms with Crippen molar-refractivity contribution in [1.82, 2.24) is 0 Å². The molecular weight excluding hydrogens is 184 g/mol. The van der Waals surface area contributed by atoms with Gasteiger partial charge in [0.15, 0.2) is 0 Å². The molecule has 0 aromatic heterocycles. The Hall–Kier alpha value is -0.533. The first-order valence-corrected chi connectivity index (χ1v) is 4.70. The second-order valence-electron chi connectivity index (χ2n) is 2.68. The fourth-order valence-electron chi connectivity index (χ4n) is 1.12. The highest BCUT2D eigenvalue weighted by atomic mass is 35.5. The van der Waals surface area contributed by atoms with Gasteiger partial charge >= 0.3 is 0 Å². The van der Waals surface area contributed by atoms with E-state index < -0.39 is 0 Å². The second kappa shape index (κ2) is 3.92. The van der Waals surface area contributed by atoms with Crippen LogP contribution in [-0.4, -0.2) is 10.2 Å². The smallest absolute Gasteiger partial charge is 0.0712 e. The second-order valence-corrected chi connectivity index (χ2v) is 3.94. The van der Waals surface area contributed by atoms with Gasteiger partial charge in [0.25, 0.3) is 0 Å². The molecule has 61 valence electrons. The van der Waals surface area contributed by atoms with E-state index in [0.717, 1.165) is 16.3 Å². The third-order valence-corrected chi connectivity index (χ3v) is 2.22. The van der Waals surface area contributed by atoms with Crippen LogP contribution in [0.15, 0.2) is 30.8 Å². The Kier molecular flexibility index (Phi) is 3.12. The van der Waals surface area contributed by atoms with E-state index in [9.17, 15) is 0 Å². The molecule has 0 amide bonds. The largest absolute Gasteiger partial charge is 0.118 e. The van der Waals surface area contributed by atoms with E-state index in [1.807, 2.05) is 31.2 Å². The maximum absolute atomic E-state index is 5.99. The van der Waals surface area contributed by atoms with Crippen LogP contribution < -0.4 is 0 Å². The number of halogens is 1. The lowest BCUT2D eigenvalue weighted by molar-refractivity contribution is 1.08. The zero-order valence-corrected chi connectivity index (χ0v) is 8.73. The van der Waals surface area contributed by atoms with Crippen LogP contribution in [-0.2, 0) is 0 Å². The zero-order valence-electron chi connectivity index (χ0n) is 6.97. The van der Waals surface area contributed by atoms with Crippen LogP contribution in [0.4, 0.5) is 0 Å². The molecule has 1 aromatic carbocycles. The van der Waals surface area contributed by atoms with E-state index in [2.05, 4.69) is 16.8 Å². The van der Waals surface area contributed by atoms with Gasteiger partial charge in [-0.15, -0.1) is 18.2 Å². The maximum atomic E-state index is 5.99. The molecular formula is C10H10ClSi. The summed E-state index contributed by atoms with van der Waals surface area (Å²) in [4.78, 5) is 0. The predicted octanol–water partition coefficient (Wildman–Crippen LogP) is 3.13. The third-order valence-electron chi connectivity index (χ3n) is 1.71. The normalized spacial score (nSPS) is 12.6. The number of benzene rings is 1. The molecule has 1 unspecified atom stereocenters. The number of hydrogen-bond acceptors (Lipinski definition) is 0. The number of alkyl halides is 1. The van der Waals surface area contributed by atoms with Gasteiger partial charge in [-0.05, 0) is 18.1 Å². The minimum atomic E-state index is 0.0225. The molecule has 0 bridgehead atoms. The number of hydrogen-bond donors (Lipinski definition) is 0. The molecule has 0 saturated heterocycles. The number of rotatable bonds is 2. The lowest BCUT2D eigenvalue weighted by Crippen LogP contribution is -1.92. The first-order chi connectivity index (χ1) is 5.63. The van der Waals surface area contributed by atoms with Gasteiger partial charge < -0.3 is 0 Å². The first-order valence-electron chi connectivity index (χ1n) is 3.77. The first kappa shape index (κ1) is 9.55. The highest BCUT2D eigenvalue weighted by Gasteiger charge is 2.06. The van der Waals surface area contributed by atoms with Gasteiger partial charge in [-0.1, -0.05) is 29.5 Å². The standard InChI is InChI=1S/C10H10ClSi/c1-7(11)9-5-3-4-6-10(9)8(2)12/h3-7H,2H2,1H3. The van der Waals surface area contributed by atoms with Crippen LogP contribution >= 0.6 is 11.6 Å². The van der Waals surface area contributed by atoms with Gasteiger partial charge in [-0.2, -0.15) is 0 Å². The summed E-state index contributed by atoms with van der Waals surface area (Å²) in [6.45, 7) is 5.78. The van der Waals surface area contributed by atoms with Gasteiger partial charge in [0.1, 0.15) is 0 Å². The quantitative estimate of drug-likeness (QED) is 0.500. The van der Waals surface area contributed by atoms with Gasteiger partial charge in [-0.25, -0.2) is 0 Å². The van der Waals surface area contributed by atoms with E-state index in [0.29, 0.717) is 0 Å². The minimum Gasteiger partial charge on any atom is -0.118 e. The lowest BCUT2D eigenvalue weighted by atomic mass is 10.1. The minimum absolute atomic E-state index is 0.0225. The molecule has 1 aromatic rings. The van der Waals surface area contributed by atoms with Crippen molar-refractivity contribution < 1.29 is 0 Å². The summed E-state index contributed by atoms with van der Waals surface area (Å²) < 4.78 is 0. The van der Waals surface area contributed by atoms with Gasteiger partial charge in [0.05, 0.1) is 15.6 Å². The molecule has 0 aliphatic carbocycles. The molecule has 0 spiro atoms. The molecule has 3 radical (unpaired) electrons. The van der Waals surface area contributed by atoms with Crippen molar-refractivity contribution in [3.8, 4) is 0 Å². The molecule has 2 heteroatoms. The van der Waals surface area contributed by atoms with Gasteiger partial charge in [-0.3, -0.25) is 0 Å². The van der Waals surface area contributed by atoms with Crippen LogP contribution in [0.1, 0.15) is 23.4 Å². The van der Waals surface area contributed by atoms with E-state index in [4.69, 9.17) is 11.6 Å². The molecule has 1 atom stereocenters. The summed E-state index contributed by atoms with van der Waals surface area (Å²) in [6, 6.07) is 7.97. The van der Waals surface area contributed by atoms with Crippen LogP contribution in [0.2, 0.25) is 0 Å². The van der Waals surface area contributed by atoms with Crippen molar-refractivity contribution in [2.24, 2.45) is 0 Å². The molecule has 0 nitrogen and oxygen atoms in total. The van der Waals surface area contributed by atoms with Crippen molar-refractivity contribution in [2.75, 3.05) is 0 Å². The maximum Gasteiger partial charge on any atom is 0.0712 e. The van der Waals surface area contributed by atoms with Crippen molar-refractivity contribution in [1.29, 1.82) is 0 Å². The summed E-state index contributed by atoms with van der Waals surface area (Å²) in [5.41, 5.74) is 2.19. The monoisotopic (exact) mass is 193 g/mol. The third kappa shape index (κ3) is 1.99. The zero-order chi connectivity index (χ0) is 9.14. The van der Waals surface area contributed by atoms with Crippen molar-refractivity contribution >= 4 is 27.0 Å². The summed E-state index contributed by atoms with van der Waals surface area (Å²) in [5.74, 6) is 0. The van der Waals surface area contributed by atoms with E-state index in [1.54, 1.807) is 0 Å². The molecule has 0 heterocycles. The fraction of sp³-hybridized carbons (Fsp3) is 0.200. The Morgan fingerprint density at radius 2 is 2.08 bits per heavy atom. The average Bonchev–Trinajstić information content (AvgIpc) is 2.04. The highest BCUT2D eigenvalue weighted by molar-refractivity contribution is 6.42. The topological polar surface area (TPSA) is 0 Å². The van der Waals surface area contributed by atoms with Crippen LogP contribution in [0, 0.1) is 0 Å². The molecule has 0 fully saturated rings. The average molecular weight is 194 g/mol. The summed E-state index contributed by atoms with van der Waals surface area (Å²) in [6.07, 6.45) is 0. The van der Waals surface area contributed by atoms with Crippen LogP contribution in [0.3, 0.4) is 0 Å². The van der Waals surface area contributed by atoms with Crippen molar-refractivity contribution in [2.45, 2.75) is 12.3 Å². The molecule has 12 heavy (non-hydrogen) atoms. The van der Waals surface area contributed by atoms with Crippen molar-refractivity contribution in [3.05, 3.63) is 42.0 Å². The van der Waals surface area contributed by atoms with Gasteiger partial charge in [0, 0.05) is 0 Å². The fourth-order valence-corrected chi connectivity index (χ4v) is 1.54. The Labute approximate surface area is 81.7 Å². The SMILES string of the molecule is C=C([Si])c1ccccc1C(C)Cl. The molecule has 0 N–H and O–H groups in total. The lowest BCUT2D eigenvalue weighted by Gasteiger charge is -2.10. The Morgan fingerprint density at radius 1 is 1.50 bits per heavy atom. The highest BCUT2D eigenvalue weighted by Crippen LogP contribution is 2.25. The van der Waals surface area contributed by atoms with E-state index in [-0.39, 0.29) is 5.38 Å². The van der Waals surface area contributed by atoms with E-state index >= 15 is 0 Å². The van der Waals surface area contributed by atoms with Crippen LogP contribution in [0.25, 0.3) is 5.20 Å². The Bertz CT molecular complexity index is 292.